The SMILES string of the molecule is CC(Cl)C(Br)C(=O)O. The van der Waals surface area contributed by atoms with Gasteiger partial charge in [0.2, 0.25) is 0 Å². The minimum Gasteiger partial charge on any atom is -0.480 e. The highest BCUT2D eigenvalue weighted by Gasteiger charge is 2.18. The summed E-state index contributed by atoms with van der Waals surface area (Å²) in [6.45, 7) is 1.62. The number of hydrogen-bond acceptors (Lipinski definition) is 1. The second-order valence-electron chi connectivity index (χ2n) is 1.42. The van der Waals surface area contributed by atoms with Gasteiger partial charge in [-0.2, -0.15) is 0 Å². The largest absolute Gasteiger partial charge is 0.480 e. The number of rotatable bonds is 2. The van der Waals surface area contributed by atoms with Crippen molar-refractivity contribution in [2.24, 2.45) is 0 Å². The summed E-state index contributed by atoms with van der Waals surface area (Å²) in [5.41, 5.74) is 0. The molecule has 0 aromatic rings. The topological polar surface area (TPSA) is 37.3 Å². The van der Waals surface area contributed by atoms with Crippen LogP contribution in [-0.2, 0) is 4.79 Å². The third kappa shape index (κ3) is 2.52. The van der Waals surface area contributed by atoms with Crippen molar-refractivity contribution in [3.8, 4) is 0 Å². The number of carbonyl (C=O) groups is 1. The number of hydrogen-bond donors (Lipinski definition) is 1. The van der Waals surface area contributed by atoms with Crippen LogP contribution in [0.1, 0.15) is 6.92 Å². The van der Waals surface area contributed by atoms with Crippen LogP contribution >= 0.6 is 27.5 Å². The second-order valence-corrected chi connectivity index (χ2v) is 3.09. The molecular weight excluding hydrogens is 195 g/mol. The van der Waals surface area contributed by atoms with Crippen LogP contribution in [0.5, 0.6) is 0 Å². The fourth-order valence-electron chi connectivity index (χ4n) is 0.196. The molecule has 0 aliphatic heterocycles. The smallest absolute Gasteiger partial charge is 0.318 e. The quantitative estimate of drug-likeness (QED) is 0.687. The summed E-state index contributed by atoms with van der Waals surface area (Å²) in [6, 6.07) is 0. The molecule has 0 amide bonds. The lowest BCUT2D eigenvalue weighted by Crippen LogP contribution is -2.20. The van der Waals surface area contributed by atoms with Crippen LogP contribution in [0.15, 0.2) is 0 Å². The predicted molar refractivity (Wildman–Crippen MR) is 35.7 cm³/mol. The molecule has 2 unspecified atom stereocenters. The van der Waals surface area contributed by atoms with Crippen LogP contribution in [0.25, 0.3) is 0 Å². The van der Waals surface area contributed by atoms with Gasteiger partial charge in [-0.15, -0.1) is 11.6 Å². The molecule has 48 valence electrons. The molecule has 2 atom stereocenters. The van der Waals surface area contributed by atoms with Crippen molar-refractivity contribution in [3.05, 3.63) is 0 Å². The lowest BCUT2D eigenvalue weighted by molar-refractivity contribution is -0.136. The molecule has 0 bridgehead atoms. The van der Waals surface area contributed by atoms with Crippen LogP contribution in [-0.4, -0.2) is 21.3 Å². The van der Waals surface area contributed by atoms with E-state index >= 15 is 0 Å². The minimum atomic E-state index is -0.924. The summed E-state index contributed by atoms with van der Waals surface area (Å²) in [7, 11) is 0. The molecule has 0 aliphatic rings. The minimum absolute atomic E-state index is 0.368. The summed E-state index contributed by atoms with van der Waals surface area (Å²) in [5.74, 6) is -0.924. The third-order valence-corrected chi connectivity index (χ3v) is 2.38. The van der Waals surface area contributed by atoms with Crippen LogP contribution < -0.4 is 0 Å². The molecule has 0 saturated heterocycles. The third-order valence-electron chi connectivity index (χ3n) is 0.639. The Morgan fingerprint density at radius 1 is 1.88 bits per heavy atom. The van der Waals surface area contributed by atoms with Crippen molar-refractivity contribution in [1.82, 2.24) is 0 Å². The van der Waals surface area contributed by atoms with E-state index in [-0.39, 0.29) is 5.38 Å². The average Bonchev–Trinajstić information content (AvgIpc) is 1.64. The van der Waals surface area contributed by atoms with Crippen molar-refractivity contribution in [1.29, 1.82) is 0 Å². The van der Waals surface area contributed by atoms with E-state index < -0.39 is 10.8 Å². The zero-order valence-corrected chi connectivity index (χ0v) is 6.61. The summed E-state index contributed by atoms with van der Waals surface area (Å²) < 4.78 is 0. The van der Waals surface area contributed by atoms with E-state index in [2.05, 4.69) is 15.9 Å². The van der Waals surface area contributed by atoms with E-state index in [9.17, 15) is 4.79 Å². The van der Waals surface area contributed by atoms with Gasteiger partial charge in [-0.25, -0.2) is 0 Å². The van der Waals surface area contributed by atoms with Crippen LogP contribution in [0.2, 0.25) is 0 Å². The van der Waals surface area contributed by atoms with E-state index in [1.807, 2.05) is 0 Å². The zero-order valence-electron chi connectivity index (χ0n) is 4.27. The molecule has 0 aliphatic carbocycles. The molecule has 2 nitrogen and oxygen atoms in total. The summed E-state index contributed by atoms with van der Waals surface area (Å²) >= 11 is 8.27. The summed E-state index contributed by atoms with van der Waals surface area (Å²) in [4.78, 5) is 9.37. The molecule has 0 rings (SSSR count). The fourth-order valence-corrected chi connectivity index (χ4v) is 0.304. The Hall–Kier alpha value is 0.240. The Bertz CT molecular complexity index is 94.0. The molecule has 4 heteroatoms. The summed E-state index contributed by atoms with van der Waals surface area (Å²) in [6.07, 6.45) is 0. The van der Waals surface area contributed by atoms with Gasteiger partial charge < -0.3 is 5.11 Å². The van der Waals surface area contributed by atoms with Crippen LogP contribution in [0.4, 0.5) is 0 Å². The van der Waals surface area contributed by atoms with E-state index in [4.69, 9.17) is 16.7 Å². The van der Waals surface area contributed by atoms with Crippen LogP contribution in [0.3, 0.4) is 0 Å². The molecule has 0 aromatic carbocycles. The number of carboxylic acids is 1. The summed E-state index contributed by atoms with van der Waals surface area (Å²) in [5, 5.41) is 7.85. The first-order chi connectivity index (χ1) is 3.55. The van der Waals surface area contributed by atoms with Crippen molar-refractivity contribution in [3.63, 3.8) is 0 Å². The molecular formula is C4H6BrClO2. The highest BCUT2D eigenvalue weighted by atomic mass is 79.9. The highest BCUT2D eigenvalue weighted by Crippen LogP contribution is 2.10. The van der Waals surface area contributed by atoms with Gasteiger partial charge >= 0.3 is 5.97 Å². The first-order valence-electron chi connectivity index (χ1n) is 2.06. The molecule has 1 N–H and O–H groups in total. The lowest BCUT2D eigenvalue weighted by atomic mass is 10.3. The number of alkyl halides is 2. The first-order valence-corrected chi connectivity index (χ1v) is 3.42. The van der Waals surface area contributed by atoms with Crippen molar-refractivity contribution >= 4 is 33.5 Å². The van der Waals surface area contributed by atoms with Gasteiger partial charge in [-0.1, -0.05) is 15.9 Å². The number of aliphatic carboxylic acids is 1. The molecule has 0 saturated carbocycles. The Labute approximate surface area is 61.0 Å². The van der Waals surface area contributed by atoms with Gasteiger partial charge in [-0.05, 0) is 6.92 Å². The Kier molecular flexibility index (Phi) is 3.40. The molecule has 0 spiro atoms. The van der Waals surface area contributed by atoms with Gasteiger partial charge in [0.1, 0.15) is 4.83 Å². The van der Waals surface area contributed by atoms with Gasteiger partial charge in [0.15, 0.2) is 0 Å². The maximum absolute atomic E-state index is 10.0. The Balaban J connectivity index is 3.64. The standard InChI is InChI=1S/C4H6BrClO2/c1-2(6)3(5)4(7)8/h2-3H,1H3,(H,7,8). The zero-order chi connectivity index (χ0) is 6.73. The van der Waals surface area contributed by atoms with E-state index in [1.54, 1.807) is 6.92 Å². The monoisotopic (exact) mass is 200 g/mol. The lowest BCUT2D eigenvalue weighted by Gasteiger charge is -2.03. The van der Waals surface area contributed by atoms with Gasteiger partial charge in [-0.3, -0.25) is 4.79 Å². The van der Waals surface area contributed by atoms with Crippen molar-refractivity contribution in [2.45, 2.75) is 17.1 Å². The molecule has 8 heavy (non-hydrogen) atoms. The molecule has 0 aromatic heterocycles. The maximum Gasteiger partial charge on any atom is 0.318 e. The second kappa shape index (κ2) is 3.30. The number of carboxylic acid groups (broad SMARTS) is 1. The van der Waals surface area contributed by atoms with Gasteiger partial charge in [0, 0.05) is 0 Å². The van der Waals surface area contributed by atoms with E-state index in [0.29, 0.717) is 0 Å². The number of halogens is 2. The van der Waals surface area contributed by atoms with Crippen LogP contribution in [0, 0.1) is 0 Å². The van der Waals surface area contributed by atoms with E-state index in [0.717, 1.165) is 0 Å². The van der Waals surface area contributed by atoms with Gasteiger partial charge in [0.25, 0.3) is 0 Å². The molecule has 0 fully saturated rings. The highest BCUT2D eigenvalue weighted by molar-refractivity contribution is 9.10. The molecule has 0 heterocycles. The predicted octanol–water partition coefficient (Wildman–Crippen LogP) is 1.46. The van der Waals surface area contributed by atoms with Gasteiger partial charge in [0.05, 0.1) is 5.38 Å². The Morgan fingerprint density at radius 2 is 2.25 bits per heavy atom. The normalized spacial score (nSPS) is 17.4. The fraction of sp³-hybridized carbons (Fsp3) is 0.750. The average molecular weight is 201 g/mol. The van der Waals surface area contributed by atoms with Crippen molar-refractivity contribution < 1.29 is 9.90 Å². The first kappa shape index (κ1) is 8.24. The Morgan fingerprint density at radius 3 is 2.25 bits per heavy atom. The maximum atomic E-state index is 10.0. The van der Waals surface area contributed by atoms with Crippen molar-refractivity contribution in [2.75, 3.05) is 0 Å². The molecule has 0 radical (unpaired) electrons. The van der Waals surface area contributed by atoms with E-state index in [1.165, 1.54) is 0 Å².